The summed E-state index contributed by atoms with van der Waals surface area (Å²) in [6, 6.07) is 2.26. The van der Waals surface area contributed by atoms with E-state index in [2.05, 4.69) is 5.32 Å². The standard InChI is InChI=1S/C15H18F3NO3/c1-9-5-6-10(7-11(9)15(16,17)18)12(8-20)19-13(21)22-14(2,3)4/h5-8,12H,1-4H3,(H,19,21). The van der Waals surface area contributed by atoms with Gasteiger partial charge in [0, 0.05) is 0 Å². The Balaban J connectivity index is 3.01. The number of benzene rings is 1. The van der Waals surface area contributed by atoms with Crippen molar-refractivity contribution in [1.29, 1.82) is 0 Å². The van der Waals surface area contributed by atoms with Crippen molar-refractivity contribution < 1.29 is 27.5 Å². The molecule has 1 unspecified atom stereocenters. The number of nitrogens with one attached hydrogen (secondary N) is 1. The van der Waals surface area contributed by atoms with E-state index in [-0.39, 0.29) is 11.1 Å². The SMILES string of the molecule is Cc1ccc(C(C=O)NC(=O)OC(C)(C)C)cc1C(F)(F)F. The van der Waals surface area contributed by atoms with Crippen molar-refractivity contribution >= 4 is 12.4 Å². The number of alkyl carbamates (subject to hydrolysis) is 1. The fraction of sp³-hybridized carbons (Fsp3) is 0.467. The summed E-state index contributed by atoms with van der Waals surface area (Å²) in [5.41, 5.74) is -1.54. The van der Waals surface area contributed by atoms with Crippen molar-refractivity contribution in [2.45, 2.75) is 45.5 Å². The van der Waals surface area contributed by atoms with Gasteiger partial charge in [-0.2, -0.15) is 13.2 Å². The quantitative estimate of drug-likeness (QED) is 0.863. The summed E-state index contributed by atoms with van der Waals surface area (Å²) in [5, 5.41) is 2.24. The lowest BCUT2D eigenvalue weighted by atomic mass is 10.0. The average Bonchev–Trinajstić information content (AvgIpc) is 2.33. The third-order valence-corrected chi connectivity index (χ3v) is 2.73. The highest BCUT2D eigenvalue weighted by Gasteiger charge is 2.33. The van der Waals surface area contributed by atoms with Gasteiger partial charge in [0.15, 0.2) is 0 Å². The lowest BCUT2D eigenvalue weighted by Gasteiger charge is -2.22. The molecular weight excluding hydrogens is 299 g/mol. The minimum Gasteiger partial charge on any atom is -0.444 e. The topological polar surface area (TPSA) is 55.4 Å². The molecule has 1 aromatic carbocycles. The second-order valence-corrected chi connectivity index (χ2v) is 5.83. The number of alkyl halides is 3. The van der Waals surface area contributed by atoms with Crippen LogP contribution >= 0.6 is 0 Å². The monoisotopic (exact) mass is 317 g/mol. The van der Waals surface area contributed by atoms with Crippen molar-refractivity contribution in [1.82, 2.24) is 5.32 Å². The molecule has 1 N–H and O–H groups in total. The highest BCUT2D eigenvalue weighted by Crippen LogP contribution is 2.33. The number of ether oxygens (including phenoxy) is 1. The number of carbonyl (C=O) groups excluding carboxylic acids is 2. The van der Waals surface area contributed by atoms with Crippen molar-refractivity contribution in [2.24, 2.45) is 0 Å². The van der Waals surface area contributed by atoms with E-state index in [0.717, 1.165) is 6.07 Å². The molecule has 0 bridgehead atoms. The van der Waals surface area contributed by atoms with Crippen LogP contribution in [0.2, 0.25) is 0 Å². The number of rotatable bonds is 3. The van der Waals surface area contributed by atoms with Crippen molar-refractivity contribution in [3.05, 3.63) is 34.9 Å². The van der Waals surface area contributed by atoms with Crippen molar-refractivity contribution in [2.75, 3.05) is 0 Å². The van der Waals surface area contributed by atoms with Crippen molar-refractivity contribution in [3.63, 3.8) is 0 Å². The highest BCUT2D eigenvalue weighted by atomic mass is 19.4. The van der Waals surface area contributed by atoms with E-state index in [4.69, 9.17) is 4.74 Å². The van der Waals surface area contributed by atoms with Gasteiger partial charge in [-0.15, -0.1) is 0 Å². The predicted octanol–water partition coefficient (Wildman–Crippen LogP) is 3.78. The largest absolute Gasteiger partial charge is 0.444 e. The lowest BCUT2D eigenvalue weighted by Crippen LogP contribution is -2.35. The second-order valence-electron chi connectivity index (χ2n) is 5.83. The fourth-order valence-electron chi connectivity index (χ4n) is 1.77. The van der Waals surface area contributed by atoms with Gasteiger partial charge in [-0.25, -0.2) is 4.79 Å². The molecule has 0 heterocycles. The zero-order valence-corrected chi connectivity index (χ0v) is 12.7. The van der Waals surface area contributed by atoms with E-state index in [1.54, 1.807) is 20.8 Å². The van der Waals surface area contributed by atoms with Gasteiger partial charge in [0.05, 0.1) is 5.56 Å². The number of aldehydes is 1. The number of carbonyl (C=O) groups is 2. The Kier molecular flexibility index (Phi) is 5.22. The Bertz CT molecular complexity index is 562. The van der Waals surface area contributed by atoms with E-state index in [1.807, 2.05) is 0 Å². The fourth-order valence-corrected chi connectivity index (χ4v) is 1.77. The molecule has 0 aliphatic rings. The van der Waals surface area contributed by atoms with Crippen LogP contribution < -0.4 is 5.32 Å². The molecule has 1 amide bonds. The molecule has 4 nitrogen and oxygen atoms in total. The maximum Gasteiger partial charge on any atom is 0.416 e. The van der Waals surface area contributed by atoms with Crippen LogP contribution in [0.1, 0.15) is 43.5 Å². The van der Waals surface area contributed by atoms with Crippen LogP contribution in [0.15, 0.2) is 18.2 Å². The highest BCUT2D eigenvalue weighted by molar-refractivity contribution is 5.74. The Labute approximate surface area is 126 Å². The average molecular weight is 317 g/mol. The van der Waals surface area contributed by atoms with Crippen LogP contribution in [0.3, 0.4) is 0 Å². The predicted molar refractivity (Wildman–Crippen MR) is 74.4 cm³/mol. The molecule has 122 valence electrons. The van der Waals surface area contributed by atoms with Gasteiger partial charge in [-0.05, 0) is 44.9 Å². The molecule has 0 fully saturated rings. The number of aryl methyl sites for hydroxylation is 1. The maximum absolute atomic E-state index is 12.9. The summed E-state index contributed by atoms with van der Waals surface area (Å²) in [6.45, 7) is 6.23. The molecule has 0 radical (unpaired) electrons. The van der Waals surface area contributed by atoms with Gasteiger partial charge in [0.2, 0.25) is 0 Å². The lowest BCUT2D eigenvalue weighted by molar-refractivity contribution is -0.138. The van der Waals surface area contributed by atoms with Crippen LogP contribution in [0.5, 0.6) is 0 Å². The normalized spacial score (nSPS) is 13.4. The summed E-state index contributed by atoms with van der Waals surface area (Å²) in [6.07, 6.45) is -5.05. The molecule has 0 saturated carbocycles. The number of hydrogen-bond donors (Lipinski definition) is 1. The Hall–Kier alpha value is -2.05. The molecule has 0 saturated heterocycles. The van der Waals surface area contributed by atoms with E-state index in [1.165, 1.54) is 19.1 Å². The third kappa shape index (κ3) is 5.05. The first-order chi connectivity index (χ1) is 9.94. The first kappa shape index (κ1) is 18.0. The van der Waals surface area contributed by atoms with Crippen LogP contribution in [0, 0.1) is 6.92 Å². The summed E-state index contributed by atoms with van der Waals surface area (Å²) in [7, 11) is 0. The van der Waals surface area contributed by atoms with Gasteiger partial charge >= 0.3 is 12.3 Å². The number of amides is 1. The van der Waals surface area contributed by atoms with Crippen molar-refractivity contribution in [3.8, 4) is 0 Å². The Morgan fingerprint density at radius 1 is 1.27 bits per heavy atom. The Morgan fingerprint density at radius 3 is 2.32 bits per heavy atom. The van der Waals surface area contributed by atoms with Crippen LogP contribution in [0.4, 0.5) is 18.0 Å². The minimum absolute atomic E-state index is 0.0400. The minimum atomic E-state index is -4.53. The first-order valence-corrected chi connectivity index (χ1v) is 6.56. The Morgan fingerprint density at radius 2 is 1.86 bits per heavy atom. The molecular formula is C15H18F3NO3. The smallest absolute Gasteiger partial charge is 0.416 e. The van der Waals surface area contributed by atoms with Gasteiger partial charge in [-0.1, -0.05) is 12.1 Å². The third-order valence-electron chi connectivity index (χ3n) is 2.73. The molecule has 0 aromatic heterocycles. The van der Waals surface area contributed by atoms with Crippen LogP contribution in [0.25, 0.3) is 0 Å². The van der Waals surface area contributed by atoms with Crippen LogP contribution in [-0.4, -0.2) is 18.0 Å². The zero-order valence-electron chi connectivity index (χ0n) is 12.7. The van der Waals surface area contributed by atoms with Gasteiger partial charge in [-0.3, -0.25) is 0 Å². The zero-order chi connectivity index (χ0) is 17.1. The summed E-state index contributed by atoms with van der Waals surface area (Å²) >= 11 is 0. The molecule has 1 atom stereocenters. The first-order valence-electron chi connectivity index (χ1n) is 6.56. The summed E-state index contributed by atoms with van der Waals surface area (Å²) in [5.74, 6) is 0. The molecule has 0 aliphatic carbocycles. The second kappa shape index (κ2) is 6.37. The van der Waals surface area contributed by atoms with E-state index < -0.39 is 29.5 Å². The molecule has 22 heavy (non-hydrogen) atoms. The number of hydrogen-bond acceptors (Lipinski definition) is 3. The molecule has 1 rings (SSSR count). The summed E-state index contributed by atoms with van der Waals surface area (Å²) < 4.78 is 43.6. The van der Waals surface area contributed by atoms with Crippen LogP contribution in [-0.2, 0) is 15.7 Å². The molecule has 0 spiro atoms. The molecule has 1 aromatic rings. The van der Waals surface area contributed by atoms with Gasteiger partial charge in [0.1, 0.15) is 17.9 Å². The maximum atomic E-state index is 12.9. The molecule has 7 heteroatoms. The van der Waals surface area contributed by atoms with E-state index >= 15 is 0 Å². The number of halogens is 3. The molecule has 0 aliphatic heterocycles. The van der Waals surface area contributed by atoms with Gasteiger partial charge < -0.3 is 14.8 Å². The van der Waals surface area contributed by atoms with Gasteiger partial charge in [0.25, 0.3) is 0 Å². The van der Waals surface area contributed by atoms with E-state index in [9.17, 15) is 22.8 Å². The summed E-state index contributed by atoms with van der Waals surface area (Å²) in [4.78, 5) is 22.7. The van der Waals surface area contributed by atoms with E-state index in [0.29, 0.717) is 6.29 Å².